The van der Waals surface area contributed by atoms with Gasteiger partial charge in [0.1, 0.15) is 11.5 Å². The van der Waals surface area contributed by atoms with Gasteiger partial charge in [0.15, 0.2) is 6.61 Å². The molecule has 2 heterocycles. The lowest BCUT2D eigenvalue weighted by atomic mass is 10.0. The monoisotopic (exact) mass is 536 g/mol. The van der Waals surface area contributed by atoms with Crippen LogP contribution >= 0.6 is 0 Å². The Labute approximate surface area is 232 Å². The summed E-state index contributed by atoms with van der Waals surface area (Å²) in [6.07, 6.45) is 4.23. The van der Waals surface area contributed by atoms with Crippen molar-refractivity contribution in [2.24, 2.45) is 0 Å². The van der Waals surface area contributed by atoms with Crippen LogP contribution in [0.25, 0.3) is 21.8 Å². The van der Waals surface area contributed by atoms with Crippen molar-refractivity contribution in [1.82, 2.24) is 20.2 Å². The average Bonchev–Trinajstić information content (AvgIpc) is 3.38. The lowest BCUT2D eigenvalue weighted by molar-refractivity contribution is -0.131. The third-order valence-corrected chi connectivity index (χ3v) is 6.89. The summed E-state index contributed by atoms with van der Waals surface area (Å²) in [5.41, 5.74) is 3.84. The largest absolute Gasteiger partial charge is 0.496 e. The van der Waals surface area contributed by atoms with E-state index in [1.807, 2.05) is 72.9 Å². The van der Waals surface area contributed by atoms with Crippen LogP contribution in [-0.4, -0.2) is 53.0 Å². The van der Waals surface area contributed by atoms with Gasteiger partial charge in [-0.25, -0.2) is 0 Å². The van der Waals surface area contributed by atoms with Crippen LogP contribution in [0.3, 0.4) is 0 Å². The molecule has 3 aromatic carbocycles. The molecule has 204 valence electrons. The van der Waals surface area contributed by atoms with Crippen molar-refractivity contribution in [3.8, 4) is 11.5 Å². The maximum atomic E-state index is 13.1. The summed E-state index contributed by atoms with van der Waals surface area (Å²) in [6, 6.07) is 24.7. The SMILES string of the molecule is COc1ccccc1CN(CC(Cc1c[nH]c2ccccc12)NC(=O)COc1ccc2ncccc2c1)C(C)=O. The van der Waals surface area contributed by atoms with Gasteiger partial charge in [-0.1, -0.05) is 42.5 Å². The number of rotatable bonds is 11. The first-order valence-electron chi connectivity index (χ1n) is 13.2. The van der Waals surface area contributed by atoms with E-state index in [1.54, 1.807) is 24.3 Å². The van der Waals surface area contributed by atoms with E-state index in [0.29, 0.717) is 31.0 Å². The average molecular weight is 537 g/mol. The first kappa shape index (κ1) is 26.7. The van der Waals surface area contributed by atoms with Crippen molar-refractivity contribution in [2.75, 3.05) is 20.3 Å². The van der Waals surface area contributed by atoms with Crippen LogP contribution in [0.15, 0.2) is 91.3 Å². The number of amides is 2. The van der Waals surface area contributed by atoms with Gasteiger partial charge in [0.25, 0.3) is 5.91 Å². The molecule has 2 amide bonds. The predicted molar refractivity (Wildman–Crippen MR) is 155 cm³/mol. The number of pyridine rings is 1. The van der Waals surface area contributed by atoms with E-state index in [2.05, 4.69) is 21.4 Å². The zero-order valence-electron chi connectivity index (χ0n) is 22.6. The number of aromatic nitrogens is 2. The Morgan fingerprint density at radius 3 is 2.67 bits per heavy atom. The molecule has 5 aromatic rings. The number of hydrogen-bond donors (Lipinski definition) is 2. The first-order chi connectivity index (χ1) is 19.5. The molecule has 0 aliphatic rings. The third kappa shape index (κ3) is 6.40. The highest BCUT2D eigenvalue weighted by atomic mass is 16.5. The number of nitrogens with one attached hydrogen (secondary N) is 2. The highest BCUT2D eigenvalue weighted by molar-refractivity contribution is 5.84. The number of aromatic amines is 1. The van der Waals surface area contributed by atoms with Gasteiger partial charge < -0.3 is 24.7 Å². The number of fused-ring (bicyclic) bond motifs is 2. The van der Waals surface area contributed by atoms with Crippen molar-refractivity contribution >= 4 is 33.6 Å². The lowest BCUT2D eigenvalue weighted by Gasteiger charge is -2.28. The van der Waals surface area contributed by atoms with Gasteiger partial charge in [-0.15, -0.1) is 0 Å². The van der Waals surface area contributed by atoms with Crippen molar-refractivity contribution in [2.45, 2.75) is 25.9 Å². The van der Waals surface area contributed by atoms with Gasteiger partial charge in [0.05, 0.1) is 18.7 Å². The first-order valence-corrected chi connectivity index (χ1v) is 13.2. The number of H-pyrrole nitrogens is 1. The van der Waals surface area contributed by atoms with Gasteiger partial charge in [0, 0.05) is 54.3 Å². The molecule has 0 aliphatic carbocycles. The van der Waals surface area contributed by atoms with Crippen LogP contribution in [0.1, 0.15) is 18.1 Å². The predicted octanol–water partition coefficient (Wildman–Crippen LogP) is 4.88. The van der Waals surface area contributed by atoms with Crippen LogP contribution in [0.5, 0.6) is 11.5 Å². The number of methoxy groups -OCH3 is 1. The zero-order valence-corrected chi connectivity index (χ0v) is 22.6. The van der Waals surface area contributed by atoms with Gasteiger partial charge in [-0.05, 0) is 48.4 Å². The zero-order chi connectivity index (χ0) is 27.9. The summed E-state index contributed by atoms with van der Waals surface area (Å²) in [6.45, 7) is 2.07. The molecule has 2 aromatic heterocycles. The Balaban J connectivity index is 1.33. The maximum Gasteiger partial charge on any atom is 0.258 e. The third-order valence-electron chi connectivity index (χ3n) is 6.89. The summed E-state index contributed by atoms with van der Waals surface area (Å²) in [7, 11) is 1.61. The van der Waals surface area contributed by atoms with E-state index in [-0.39, 0.29) is 24.5 Å². The summed E-state index contributed by atoms with van der Waals surface area (Å²) in [5.74, 6) is 0.942. The van der Waals surface area contributed by atoms with Crippen LogP contribution in [0, 0.1) is 0 Å². The molecule has 1 unspecified atom stereocenters. The summed E-state index contributed by atoms with van der Waals surface area (Å²) >= 11 is 0. The molecule has 2 N–H and O–H groups in total. The van der Waals surface area contributed by atoms with Crippen LogP contribution in [-0.2, 0) is 22.6 Å². The lowest BCUT2D eigenvalue weighted by Crippen LogP contribution is -2.47. The van der Waals surface area contributed by atoms with Crippen molar-refractivity contribution in [1.29, 1.82) is 0 Å². The molecule has 40 heavy (non-hydrogen) atoms. The van der Waals surface area contributed by atoms with E-state index in [9.17, 15) is 9.59 Å². The number of carbonyl (C=O) groups is 2. The van der Waals surface area contributed by atoms with E-state index in [1.165, 1.54) is 6.92 Å². The second kappa shape index (κ2) is 12.3. The minimum absolute atomic E-state index is 0.0925. The highest BCUT2D eigenvalue weighted by Crippen LogP contribution is 2.22. The molecule has 0 bridgehead atoms. The fourth-order valence-electron chi connectivity index (χ4n) is 4.90. The van der Waals surface area contributed by atoms with E-state index in [4.69, 9.17) is 9.47 Å². The normalized spacial score (nSPS) is 11.8. The van der Waals surface area contributed by atoms with Gasteiger partial charge in [-0.2, -0.15) is 0 Å². The second-order valence-corrected chi connectivity index (χ2v) is 9.69. The van der Waals surface area contributed by atoms with E-state index in [0.717, 1.165) is 32.9 Å². The fraction of sp³-hybridized carbons (Fsp3) is 0.219. The van der Waals surface area contributed by atoms with Crippen molar-refractivity contribution in [3.05, 3.63) is 102 Å². The van der Waals surface area contributed by atoms with E-state index < -0.39 is 0 Å². The molecule has 0 saturated carbocycles. The topological polar surface area (TPSA) is 96.6 Å². The Hall–Kier alpha value is -4.85. The number of para-hydroxylation sites is 2. The fourth-order valence-corrected chi connectivity index (χ4v) is 4.90. The summed E-state index contributed by atoms with van der Waals surface area (Å²) in [5, 5.41) is 5.13. The van der Waals surface area contributed by atoms with Crippen molar-refractivity contribution < 1.29 is 19.1 Å². The Kier molecular flexibility index (Phi) is 8.25. The molecule has 0 radical (unpaired) electrons. The number of ether oxygens (including phenoxy) is 2. The quantitative estimate of drug-likeness (QED) is 0.251. The van der Waals surface area contributed by atoms with Crippen LogP contribution in [0.4, 0.5) is 0 Å². The molecule has 0 fully saturated rings. The van der Waals surface area contributed by atoms with Crippen LogP contribution in [0.2, 0.25) is 0 Å². The number of carbonyl (C=O) groups excluding carboxylic acids is 2. The standard InChI is InChI=1S/C32H32N4O4/c1-22(37)36(19-24-8-3-6-12-31(24)39-2)20-26(16-25-18-34-30-11-5-4-10-28(25)30)35-32(38)21-40-27-13-14-29-23(17-27)9-7-15-33-29/h3-15,17-18,26,34H,16,19-21H2,1-2H3,(H,35,38). The van der Waals surface area contributed by atoms with Gasteiger partial charge in [-0.3, -0.25) is 14.6 Å². The second-order valence-electron chi connectivity index (χ2n) is 9.69. The number of benzene rings is 3. The van der Waals surface area contributed by atoms with Crippen molar-refractivity contribution in [3.63, 3.8) is 0 Å². The molecule has 0 spiro atoms. The summed E-state index contributed by atoms with van der Waals surface area (Å²) < 4.78 is 11.3. The number of hydrogen-bond acceptors (Lipinski definition) is 5. The van der Waals surface area contributed by atoms with E-state index >= 15 is 0 Å². The molecular weight excluding hydrogens is 504 g/mol. The highest BCUT2D eigenvalue weighted by Gasteiger charge is 2.22. The summed E-state index contributed by atoms with van der Waals surface area (Å²) in [4.78, 5) is 35.2. The minimum Gasteiger partial charge on any atom is -0.496 e. The molecule has 8 nitrogen and oxygen atoms in total. The number of nitrogens with zero attached hydrogens (tertiary/aromatic N) is 2. The molecule has 1 atom stereocenters. The minimum atomic E-state index is -0.352. The van der Waals surface area contributed by atoms with Gasteiger partial charge >= 0.3 is 0 Å². The Morgan fingerprint density at radius 1 is 1.00 bits per heavy atom. The molecule has 5 rings (SSSR count). The smallest absolute Gasteiger partial charge is 0.258 e. The molecular formula is C32H32N4O4. The maximum absolute atomic E-state index is 13.1. The molecule has 0 aliphatic heterocycles. The Morgan fingerprint density at radius 2 is 1.82 bits per heavy atom. The van der Waals surface area contributed by atoms with Gasteiger partial charge in [0.2, 0.25) is 5.91 Å². The molecule has 0 saturated heterocycles. The van der Waals surface area contributed by atoms with Crippen LogP contribution < -0.4 is 14.8 Å². The molecule has 8 heteroatoms. The Bertz CT molecular complexity index is 1630.